The molecule has 0 fully saturated rings. The van der Waals surface area contributed by atoms with Crippen molar-refractivity contribution in [3.8, 4) is 0 Å². The third-order valence-corrected chi connectivity index (χ3v) is 16.5. The molecule has 0 spiro atoms. The van der Waals surface area contributed by atoms with Crippen molar-refractivity contribution >= 4 is 31.2 Å². The molecular formula is C18H40O6Si3. The van der Waals surface area contributed by atoms with E-state index in [1.807, 2.05) is 0 Å². The van der Waals surface area contributed by atoms with Crippen LogP contribution in [0, 0.1) is 0 Å². The fourth-order valence-corrected chi connectivity index (χ4v) is 17.4. The molecule has 0 radical (unpaired) electrons. The van der Waals surface area contributed by atoms with Gasteiger partial charge in [-0.05, 0) is 77.1 Å². The van der Waals surface area contributed by atoms with Crippen LogP contribution in [0.3, 0.4) is 0 Å². The number of rotatable bonds is 15. The van der Waals surface area contributed by atoms with Gasteiger partial charge in [0, 0.05) is 18.8 Å². The van der Waals surface area contributed by atoms with E-state index < -0.39 is 25.2 Å². The first kappa shape index (κ1) is 26.7. The van der Waals surface area contributed by atoms with E-state index >= 15 is 0 Å². The SMILES string of the molecule is C=C(C)C(=O)OCCC[Si](C)(O[Si](C)(C)CCCO)O[Si](C)(C)CCCO. The Hall–Kier alpha value is -0.299. The van der Waals surface area contributed by atoms with Crippen LogP contribution in [-0.4, -0.2) is 61.2 Å². The zero-order valence-electron chi connectivity index (χ0n) is 18.1. The molecule has 0 unspecified atom stereocenters. The lowest BCUT2D eigenvalue weighted by molar-refractivity contribution is -0.138. The predicted octanol–water partition coefficient (Wildman–Crippen LogP) is 3.78. The van der Waals surface area contributed by atoms with E-state index in [-0.39, 0.29) is 19.2 Å². The first-order chi connectivity index (χ1) is 12.4. The number of aliphatic hydroxyl groups is 2. The Morgan fingerprint density at radius 3 is 1.67 bits per heavy atom. The van der Waals surface area contributed by atoms with Crippen LogP contribution in [-0.2, 0) is 17.8 Å². The second-order valence-corrected chi connectivity index (χ2v) is 21.0. The average molecular weight is 437 g/mol. The third kappa shape index (κ3) is 12.7. The van der Waals surface area contributed by atoms with Gasteiger partial charge in [-0.1, -0.05) is 6.58 Å². The summed E-state index contributed by atoms with van der Waals surface area (Å²) in [4.78, 5) is 11.6. The van der Waals surface area contributed by atoms with Crippen LogP contribution in [0.2, 0.25) is 50.9 Å². The topological polar surface area (TPSA) is 85.2 Å². The fourth-order valence-electron chi connectivity index (χ4n) is 3.08. The minimum absolute atomic E-state index is 0.173. The number of aliphatic hydroxyl groups excluding tert-OH is 2. The zero-order chi connectivity index (χ0) is 21.1. The van der Waals surface area contributed by atoms with Crippen molar-refractivity contribution in [2.24, 2.45) is 0 Å². The largest absolute Gasteiger partial charge is 0.462 e. The third-order valence-electron chi connectivity index (χ3n) is 4.22. The molecule has 6 nitrogen and oxygen atoms in total. The molecule has 2 N–H and O–H groups in total. The average Bonchev–Trinajstić information content (AvgIpc) is 2.53. The molecule has 0 saturated heterocycles. The lowest BCUT2D eigenvalue weighted by Crippen LogP contribution is -2.54. The number of carbonyl (C=O) groups excluding carboxylic acids is 1. The first-order valence-corrected chi connectivity index (χ1v) is 18.6. The van der Waals surface area contributed by atoms with E-state index in [2.05, 4.69) is 39.3 Å². The van der Waals surface area contributed by atoms with Crippen LogP contribution in [0.5, 0.6) is 0 Å². The Bertz CT molecular complexity index is 446. The van der Waals surface area contributed by atoms with Gasteiger partial charge in [-0.2, -0.15) is 0 Å². The Kier molecular flexibility index (Phi) is 12.2. The summed E-state index contributed by atoms with van der Waals surface area (Å²) in [5, 5.41) is 18.3. The molecule has 0 saturated carbocycles. The molecule has 27 heavy (non-hydrogen) atoms. The number of esters is 1. The number of hydrogen-bond acceptors (Lipinski definition) is 6. The van der Waals surface area contributed by atoms with E-state index in [1.165, 1.54) is 0 Å². The number of ether oxygens (including phenoxy) is 1. The summed E-state index contributed by atoms with van der Waals surface area (Å²) in [6.45, 7) is 16.7. The molecule has 0 rings (SSSR count). The minimum Gasteiger partial charge on any atom is -0.462 e. The first-order valence-electron chi connectivity index (χ1n) is 9.81. The molecule has 0 aromatic heterocycles. The second-order valence-electron chi connectivity index (χ2n) is 8.53. The summed E-state index contributed by atoms with van der Waals surface area (Å²) in [5.74, 6) is -0.365. The van der Waals surface area contributed by atoms with Gasteiger partial charge in [0.25, 0.3) is 0 Å². The number of carbonyl (C=O) groups is 1. The van der Waals surface area contributed by atoms with Crippen molar-refractivity contribution in [1.82, 2.24) is 0 Å². The fraction of sp³-hybridized carbons (Fsp3) is 0.833. The van der Waals surface area contributed by atoms with Gasteiger partial charge in [0.2, 0.25) is 0 Å². The van der Waals surface area contributed by atoms with Gasteiger partial charge in [-0.3, -0.25) is 0 Å². The van der Waals surface area contributed by atoms with Gasteiger partial charge >= 0.3 is 14.5 Å². The van der Waals surface area contributed by atoms with E-state index in [0.29, 0.717) is 18.6 Å². The van der Waals surface area contributed by atoms with E-state index in [9.17, 15) is 4.79 Å². The molecule has 0 aliphatic heterocycles. The summed E-state index contributed by atoms with van der Waals surface area (Å²) < 4.78 is 18.5. The van der Waals surface area contributed by atoms with Crippen molar-refractivity contribution in [3.05, 3.63) is 12.2 Å². The summed E-state index contributed by atoms with van der Waals surface area (Å²) in [5.41, 5.74) is 0.401. The molecular weight excluding hydrogens is 396 g/mol. The van der Waals surface area contributed by atoms with Crippen molar-refractivity contribution in [2.45, 2.75) is 77.1 Å². The van der Waals surface area contributed by atoms with Gasteiger partial charge in [0.15, 0.2) is 16.6 Å². The maximum absolute atomic E-state index is 11.6. The van der Waals surface area contributed by atoms with Crippen molar-refractivity contribution in [2.75, 3.05) is 19.8 Å². The van der Waals surface area contributed by atoms with E-state index in [4.69, 9.17) is 23.2 Å². The van der Waals surface area contributed by atoms with Gasteiger partial charge in [-0.15, -0.1) is 0 Å². The van der Waals surface area contributed by atoms with Gasteiger partial charge in [0.05, 0.1) is 6.61 Å². The Morgan fingerprint density at radius 1 is 0.852 bits per heavy atom. The second kappa shape index (κ2) is 12.3. The highest BCUT2D eigenvalue weighted by molar-refractivity contribution is 6.88. The molecule has 0 aromatic carbocycles. The highest BCUT2D eigenvalue weighted by atomic mass is 28.5. The highest BCUT2D eigenvalue weighted by Gasteiger charge is 2.42. The van der Waals surface area contributed by atoms with Gasteiger partial charge < -0.3 is 23.2 Å². The Balaban J connectivity index is 5.01. The monoisotopic (exact) mass is 436 g/mol. The molecule has 0 amide bonds. The molecule has 9 heteroatoms. The lowest BCUT2D eigenvalue weighted by atomic mass is 10.4. The van der Waals surface area contributed by atoms with Gasteiger partial charge in [-0.25, -0.2) is 4.79 Å². The van der Waals surface area contributed by atoms with Crippen molar-refractivity contribution < 1.29 is 28.0 Å². The smallest absolute Gasteiger partial charge is 0.333 e. The van der Waals surface area contributed by atoms with Crippen molar-refractivity contribution in [3.63, 3.8) is 0 Å². The van der Waals surface area contributed by atoms with Crippen molar-refractivity contribution in [1.29, 1.82) is 0 Å². The lowest BCUT2D eigenvalue weighted by Gasteiger charge is -2.41. The molecule has 0 aromatic rings. The maximum Gasteiger partial charge on any atom is 0.333 e. The van der Waals surface area contributed by atoms with E-state index in [0.717, 1.165) is 31.0 Å². The van der Waals surface area contributed by atoms with Crippen LogP contribution in [0.15, 0.2) is 12.2 Å². The maximum atomic E-state index is 11.6. The number of hydrogen-bond donors (Lipinski definition) is 2. The predicted molar refractivity (Wildman–Crippen MR) is 117 cm³/mol. The summed E-state index contributed by atoms with van der Waals surface area (Å²) in [6, 6.07) is 2.53. The van der Waals surface area contributed by atoms with Gasteiger partial charge in [0.1, 0.15) is 0 Å². The molecule has 0 aliphatic rings. The van der Waals surface area contributed by atoms with Crippen LogP contribution in [0.1, 0.15) is 26.2 Å². The Morgan fingerprint density at radius 2 is 1.30 bits per heavy atom. The summed E-state index contributed by atoms with van der Waals surface area (Å²) in [7, 11) is -6.40. The zero-order valence-corrected chi connectivity index (χ0v) is 21.1. The van der Waals surface area contributed by atoms with Crippen LogP contribution >= 0.6 is 0 Å². The molecule has 160 valence electrons. The molecule has 0 bridgehead atoms. The summed E-state index contributed by atoms with van der Waals surface area (Å²) >= 11 is 0. The molecule has 0 aliphatic carbocycles. The molecule has 0 atom stereocenters. The van der Waals surface area contributed by atoms with E-state index in [1.54, 1.807) is 6.92 Å². The normalized spacial score (nSPS) is 12.9. The Labute approximate surface area is 168 Å². The quantitative estimate of drug-likeness (QED) is 0.176. The highest BCUT2D eigenvalue weighted by Crippen LogP contribution is 2.29. The minimum atomic E-state index is -2.47. The van der Waals surface area contributed by atoms with Crippen LogP contribution < -0.4 is 0 Å². The van der Waals surface area contributed by atoms with Crippen LogP contribution in [0.4, 0.5) is 0 Å². The van der Waals surface area contributed by atoms with Crippen LogP contribution in [0.25, 0.3) is 0 Å². The molecule has 0 heterocycles. The summed E-state index contributed by atoms with van der Waals surface area (Å²) in [6.07, 6.45) is 2.17. The standard InChI is InChI=1S/C18H40O6Si3/c1-17(2)18(21)22-13-10-16-27(7,23-25(3,4)14-8-11-19)24-26(5,6)15-9-12-20/h19-20H,1,8-16H2,2-7H3.